The van der Waals surface area contributed by atoms with Gasteiger partial charge in [0.1, 0.15) is 0 Å². The van der Waals surface area contributed by atoms with Crippen molar-refractivity contribution in [3.8, 4) is 6.07 Å². The molecule has 130 valence electrons. The molecule has 0 unspecified atom stereocenters. The standard InChI is InChI=1S/C19H28N4O/c1-2-5-19(24)21-16-13-23(14-16)17-8-10-22(11-9-17)18-7-4-3-6-15(18)12-20/h4,7,16-17H,2-3,5-6,8-11,13-14H2,1H3,(H,21,24). The maximum absolute atomic E-state index is 11.6. The molecule has 0 aromatic heterocycles. The largest absolute Gasteiger partial charge is 0.371 e. The van der Waals surface area contributed by atoms with Gasteiger partial charge in [-0.2, -0.15) is 5.26 Å². The molecular formula is C19H28N4O. The Morgan fingerprint density at radius 3 is 2.79 bits per heavy atom. The summed E-state index contributed by atoms with van der Waals surface area (Å²) in [6.45, 7) is 6.07. The lowest BCUT2D eigenvalue weighted by atomic mass is 9.95. The van der Waals surface area contributed by atoms with Crippen LogP contribution in [0.15, 0.2) is 23.4 Å². The highest BCUT2D eigenvalue weighted by molar-refractivity contribution is 5.76. The van der Waals surface area contributed by atoms with E-state index in [4.69, 9.17) is 0 Å². The van der Waals surface area contributed by atoms with Gasteiger partial charge in [0.15, 0.2) is 0 Å². The molecule has 2 fully saturated rings. The van der Waals surface area contributed by atoms with E-state index in [2.05, 4.69) is 33.3 Å². The summed E-state index contributed by atoms with van der Waals surface area (Å²) in [4.78, 5) is 16.5. The van der Waals surface area contributed by atoms with Crippen LogP contribution >= 0.6 is 0 Å². The maximum Gasteiger partial charge on any atom is 0.220 e. The Labute approximate surface area is 145 Å². The number of carbonyl (C=O) groups excluding carboxylic acids is 1. The molecule has 0 aromatic carbocycles. The number of carbonyl (C=O) groups is 1. The van der Waals surface area contributed by atoms with Gasteiger partial charge in [-0.1, -0.05) is 13.0 Å². The van der Waals surface area contributed by atoms with E-state index in [1.807, 2.05) is 6.92 Å². The summed E-state index contributed by atoms with van der Waals surface area (Å²) in [6.07, 6.45) is 10.0. The zero-order valence-electron chi connectivity index (χ0n) is 14.6. The number of likely N-dealkylation sites (tertiary alicyclic amines) is 2. The zero-order valence-corrected chi connectivity index (χ0v) is 14.6. The molecule has 0 saturated carbocycles. The van der Waals surface area contributed by atoms with Crippen molar-refractivity contribution in [2.24, 2.45) is 0 Å². The van der Waals surface area contributed by atoms with Gasteiger partial charge in [-0.15, -0.1) is 0 Å². The first-order valence-electron chi connectivity index (χ1n) is 9.29. The third kappa shape index (κ3) is 3.81. The van der Waals surface area contributed by atoms with Crippen LogP contribution in [0.4, 0.5) is 0 Å². The van der Waals surface area contributed by atoms with Crippen molar-refractivity contribution >= 4 is 5.91 Å². The summed E-state index contributed by atoms with van der Waals surface area (Å²) in [5.74, 6) is 0.192. The van der Waals surface area contributed by atoms with E-state index in [1.54, 1.807) is 0 Å². The molecule has 1 aliphatic carbocycles. The molecule has 1 N–H and O–H groups in total. The van der Waals surface area contributed by atoms with E-state index in [9.17, 15) is 10.1 Å². The van der Waals surface area contributed by atoms with Gasteiger partial charge in [0.2, 0.25) is 5.91 Å². The van der Waals surface area contributed by atoms with Gasteiger partial charge in [0.25, 0.3) is 0 Å². The van der Waals surface area contributed by atoms with Crippen molar-refractivity contribution in [3.63, 3.8) is 0 Å². The van der Waals surface area contributed by atoms with E-state index in [0.29, 0.717) is 18.5 Å². The molecular weight excluding hydrogens is 300 g/mol. The summed E-state index contributed by atoms with van der Waals surface area (Å²) in [5, 5.41) is 12.4. The van der Waals surface area contributed by atoms with Crippen LogP contribution in [0, 0.1) is 11.3 Å². The van der Waals surface area contributed by atoms with Crippen LogP contribution in [0.2, 0.25) is 0 Å². The summed E-state index contributed by atoms with van der Waals surface area (Å²) in [6, 6.07) is 3.35. The van der Waals surface area contributed by atoms with Crippen molar-refractivity contribution in [2.75, 3.05) is 26.2 Å². The lowest BCUT2D eigenvalue weighted by Crippen LogP contribution is -2.63. The lowest BCUT2D eigenvalue weighted by molar-refractivity contribution is -0.123. The Morgan fingerprint density at radius 2 is 2.12 bits per heavy atom. The number of hydrogen-bond donors (Lipinski definition) is 1. The second kappa shape index (κ2) is 7.85. The minimum Gasteiger partial charge on any atom is -0.371 e. The maximum atomic E-state index is 11.6. The topological polar surface area (TPSA) is 59.4 Å². The minimum atomic E-state index is 0.192. The zero-order chi connectivity index (χ0) is 16.9. The van der Waals surface area contributed by atoms with Crippen LogP contribution in [-0.2, 0) is 4.79 Å². The van der Waals surface area contributed by atoms with Crippen LogP contribution in [-0.4, -0.2) is 54.0 Å². The summed E-state index contributed by atoms with van der Waals surface area (Å²) in [5.41, 5.74) is 2.09. The number of rotatable bonds is 5. The van der Waals surface area contributed by atoms with Crippen LogP contribution in [0.3, 0.4) is 0 Å². The third-order valence-electron chi connectivity index (χ3n) is 5.35. The lowest BCUT2D eigenvalue weighted by Gasteiger charge is -2.47. The molecule has 0 spiro atoms. The monoisotopic (exact) mass is 328 g/mol. The normalized spacial score (nSPS) is 23.1. The number of nitrogens with zero attached hydrogens (tertiary/aromatic N) is 3. The summed E-state index contributed by atoms with van der Waals surface area (Å²) < 4.78 is 0. The quantitative estimate of drug-likeness (QED) is 0.840. The highest BCUT2D eigenvalue weighted by Gasteiger charge is 2.35. The molecule has 0 bridgehead atoms. The molecule has 2 heterocycles. The smallest absolute Gasteiger partial charge is 0.220 e. The Kier molecular flexibility index (Phi) is 5.57. The van der Waals surface area contributed by atoms with Gasteiger partial charge in [0.05, 0.1) is 23.4 Å². The molecule has 1 amide bonds. The first kappa shape index (κ1) is 17.0. The van der Waals surface area contributed by atoms with Gasteiger partial charge in [-0.3, -0.25) is 9.69 Å². The molecule has 5 nitrogen and oxygen atoms in total. The van der Waals surface area contributed by atoms with Crippen LogP contribution in [0.5, 0.6) is 0 Å². The van der Waals surface area contributed by atoms with E-state index < -0.39 is 0 Å². The molecule has 3 rings (SSSR count). The predicted octanol–water partition coefficient (Wildman–Crippen LogP) is 2.18. The van der Waals surface area contributed by atoms with Crippen LogP contribution in [0.25, 0.3) is 0 Å². The van der Waals surface area contributed by atoms with E-state index >= 15 is 0 Å². The molecule has 3 aliphatic rings. The molecule has 5 heteroatoms. The molecule has 0 atom stereocenters. The molecule has 0 aromatic rings. The van der Waals surface area contributed by atoms with Gasteiger partial charge in [-0.25, -0.2) is 0 Å². The number of amides is 1. The molecule has 2 aliphatic heterocycles. The van der Waals surface area contributed by atoms with Crippen LogP contribution in [0.1, 0.15) is 45.4 Å². The highest BCUT2D eigenvalue weighted by atomic mass is 16.1. The van der Waals surface area contributed by atoms with E-state index in [1.165, 1.54) is 0 Å². The Morgan fingerprint density at radius 1 is 1.38 bits per heavy atom. The second-order valence-electron chi connectivity index (χ2n) is 7.10. The predicted molar refractivity (Wildman–Crippen MR) is 94.0 cm³/mol. The van der Waals surface area contributed by atoms with Crippen molar-refractivity contribution < 1.29 is 4.79 Å². The van der Waals surface area contributed by atoms with E-state index in [0.717, 1.165) is 69.6 Å². The highest BCUT2D eigenvalue weighted by Crippen LogP contribution is 2.27. The Bertz CT molecular complexity index is 560. The molecule has 2 saturated heterocycles. The fraction of sp³-hybridized carbons (Fsp3) is 0.684. The number of piperidine rings is 1. The SMILES string of the molecule is CCCC(=O)NC1CN(C2CCN(C3=C(C#N)CCC=C3)CC2)C1. The summed E-state index contributed by atoms with van der Waals surface area (Å²) >= 11 is 0. The van der Waals surface area contributed by atoms with Crippen molar-refractivity contribution in [1.29, 1.82) is 5.26 Å². The number of nitriles is 1. The van der Waals surface area contributed by atoms with Crippen LogP contribution < -0.4 is 5.32 Å². The number of allylic oxidation sites excluding steroid dienone is 3. The number of hydrogen-bond acceptors (Lipinski definition) is 4. The van der Waals surface area contributed by atoms with Crippen molar-refractivity contribution in [2.45, 2.75) is 57.5 Å². The molecule has 0 radical (unpaired) electrons. The van der Waals surface area contributed by atoms with Crippen molar-refractivity contribution in [3.05, 3.63) is 23.4 Å². The van der Waals surface area contributed by atoms with Gasteiger partial charge in [-0.05, 0) is 38.2 Å². The Balaban J connectivity index is 1.44. The Hall–Kier alpha value is -1.80. The first-order valence-corrected chi connectivity index (χ1v) is 9.29. The third-order valence-corrected chi connectivity index (χ3v) is 5.35. The van der Waals surface area contributed by atoms with Gasteiger partial charge in [0, 0.05) is 38.6 Å². The van der Waals surface area contributed by atoms with E-state index in [-0.39, 0.29) is 5.91 Å². The first-order chi connectivity index (χ1) is 11.7. The average Bonchev–Trinajstić information content (AvgIpc) is 2.58. The van der Waals surface area contributed by atoms with Gasteiger partial charge >= 0.3 is 0 Å². The minimum absolute atomic E-state index is 0.192. The second-order valence-corrected chi connectivity index (χ2v) is 7.10. The van der Waals surface area contributed by atoms with Gasteiger partial charge < -0.3 is 10.2 Å². The molecule has 24 heavy (non-hydrogen) atoms. The fourth-order valence-electron chi connectivity index (χ4n) is 3.96. The number of nitrogens with one attached hydrogen (secondary N) is 1. The van der Waals surface area contributed by atoms with Crippen molar-refractivity contribution in [1.82, 2.24) is 15.1 Å². The summed E-state index contributed by atoms with van der Waals surface area (Å²) in [7, 11) is 0. The fourth-order valence-corrected chi connectivity index (χ4v) is 3.96. The average molecular weight is 328 g/mol.